The first-order chi connectivity index (χ1) is 15.6. The molecule has 1 N–H and O–H groups in total. The van der Waals surface area contributed by atoms with Crippen LogP contribution in [0.1, 0.15) is 30.4 Å². The number of carbonyl (C=O) groups is 1. The highest BCUT2D eigenvalue weighted by Gasteiger charge is 2.13. The Kier molecular flexibility index (Phi) is 7.35. The summed E-state index contributed by atoms with van der Waals surface area (Å²) in [6.07, 6.45) is 7.70. The molecular weight excluding hydrogens is 400 g/mol. The summed E-state index contributed by atoms with van der Waals surface area (Å²) in [5, 5.41) is 2.86. The summed E-state index contributed by atoms with van der Waals surface area (Å²) in [4.78, 5) is 18.9. The van der Waals surface area contributed by atoms with Gasteiger partial charge in [-0.15, -0.1) is 0 Å². The van der Waals surface area contributed by atoms with E-state index in [9.17, 15) is 4.79 Å². The highest BCUT2D eigenvalue weighted by atomic mass is 16.5. The summed E-state index contributed by atoms with van der Waals surface area (Å²) in [5.74, 6) is -0.158. The second-order valence-electron chi connectivity index (χ2n) is 8.43. The van der Waals surface area contributed by atoms with Gasteiger partial charge in [0.2, 0.25) is 5.91 Å². The highest BCUT2D eigenvalue weighted by Crippen LogP contribution is 2.24. The van der Waals surface area contributed by atoms with Gasteiger partial charge in [-0.1, -0.05) is 36.4 Å². The van der Waals surface area contributed by atoms with Gasteiger partial charge in [0.15, 0.2) is 0 Å². The van der Waals surface area contributed by atoms with Crippen LogP contribution in [0.25, 0.3) is 16.6 Å². The third kappa shape index (κ3) is 5.44. The largest absolute Gasteiger partial charge is 0.375 e. The van der Waals surface area contributed by atoms with Crippen molar-refractivity contribution in [2.24, 2.45) is 0 Å². The maximum absolute atomic E-state index is 11.8. The topological polar surface area (TPSA) is 59.4 Å². The van der Waals surface area contributed by atoms with Gasteiger partial charge in [0.05, 0.1) is 17.4 Å². The number of imidazole rings is 1. The van der Waals surface area contributed by atoms with Gasteiger partial charge in [-0.3, -0.25) is 9.69 Å². The van der Waals surface area contributed by atoms with Crippen LogP contribution in [-0.2, 0) is 16.1 Å². The lowest BCUT2D eigenvalue weighted by atomic mass is 9.99. The van der Waals surface area contributed by atoms with Crippen molar-refractivity contribution in [2.45, 2.75) is 32.7 Å². The van der Waals surface area contributed by atoms with Crippen LogP contribution in [-0.4, -0.2) is 53.7 Å². The van der Waals surface area contributed by atoms with Crippen molar-refractivity contribution in [3.8, 4) is 0 Å². The van der Waals surface area contributed by atoms with Crippen molar-refractivity contribution >= 4 is 28.2 Å². The van der Waals surface area contributed by atoms with Crippen LogP contribution in [0.3, 0.4) is 0 Å². The molecule has 0 atom stereocenters. The molecule has 2 aromatic carbocycles. The van der Waals surface area contributed by atoms with Gasteiger partial charge in [-0.05, 0) is 61.6 Å². The fourth-order valence-corrected chi connectivity index (χ4v) is 4.44. The molecule has 168 valence electrons. The van der Waals surface area contributed by atoms with E-state index >= 15 is 0 Å². The molecular formula is C26H32N4O2. The predicted octanol–water partition coefficient (Wildman–Crippen LogP) is 4.50. The normalized spacial score (nSPS) is 14.5. The van der Waals surface area contributed by atoms with E-state index in [2.05, 4.69) is 63.1 Å². The van der Waals surface area contributed by atoms with Crippen LogP contribution in [0, 0.1) is 6.92 Å². The van der Waals surface area contributed by atoms with Gasteiger partial charge in [0, 0.05) is 32.4 Å². The number of anilines is 1. The minimum atomic E-state index is -0.158. The van der Waals surface area contributed by atoms with E-state index in [0.717, 1.165) is 61.3 Å². The quantitative estimate of drug-likeness (QED) is 0.506. The van der Waals surface area contributed by atoms with Gasteiger partial charge >= 0.3 is 0 Å². The number of nitrogens with zero attached hydrogens (tertiary/aromatic N) is 3. The van der Waals surface area contributed by atoms with Crippen molar-refractivity contribution in [3.05, 3.63) is 66.0 Å². The van der Waals surface area contributed by atoms with Crippen molar-refractivity contribution < 1.29 is 9.53 Å². The van der Waals surface area contributed by atoms with Gasteiger partial charge in [-0.2, -0.15) is 0 Å². The Hall–Kier alpha value is -2.96. The van der Waals surface area contributed by atoms with Crippen molar-refractivity contribution in [1.29, 1.82) is 0 Å². The Bertz CT molecular complexity index is 1090. The van der Waals surface area contributed by atoms with Crippen LogP contribution in [0.5, 0.6) is 0 Å². The molecule has 0 radical (unpaired) electrons. The number of carbonyl (C=O) groups excluding carboxylic acids is 1. The molecule has 0 saturated carbocycles. The van der Waals surface area contributed by atoms with Gasteiger partial charge in [0.1, 0.15) is 6.61 Å². The smallest absolute Gasteiger partial charge is 0.250 e. The second kappa shape index (κ2) is 10.6. The van der Waals surface area contributed by atoms with Crippen LogP contribution in [0.15, 0.2) is 54.9 Å². The lowest BCUT2D eigenvalue weighted by Crippen LogP contribution is -2.29. The van der Waals surface area contributed by atoms with E-state index in [0.29, 0.717) is 0 Å². The number of unbranched alkanes of at least 4 members (excludes halogenated alkanes) is 1. The molecule has 0 aliphatic carbocycles. The first-order valence-corrected chi connectivity index (χ1v) is 11.3. The maximum atomic E-state index is 11.8. The van der Waals surface area contributed by atoms with E-state index in [1.165, 1.54) is 24.7 Å². The predicted molar refractivity (Wildman–Crippen MR) is 130 cm³/mol. The number of aryl methyl sites for hydroxylation is 2. The van der Waals surface area contributed by atoms with Crippen LogP contribution < -0.4 is 5.32 Å². The zero-order chi connectivity index (χ0) is 22.3. The maximum Gasteiger partial charge on any atom is 0.250 e. The average Bonchev–Trinajstić information content (AvgIpc) is 3.21. The minimum Gasteiger partial charge on any atom is -0.375 e. The molecule has 0 spiro atoms. The number of amides is 1. The molecule has 1 aromatic heterocycles. The number of hydrogen-bond donors (Lipinski definition) is 1. The van der Waals surface area contributed by atoms with Gasteiger partial charge in [0.25, 0.3) is 0 Å². The summed E-state index contributed by atoms with van der Waals surface area (Å²) in [6, 6.07) is 14.6. The molecule has 32 heavy (non-hydrogen) atoms. The first kappa shape index (κ1) is 22.2. The third-order valence-electron chi connectivity index (χ3n) is 6.02. The number of ether oxygens (including phenoxy) is 1. The van der Waals surface area contributed by atoms with Crippen LogP contribution >= 0.6 is 0 Å². The first-order valence-electron chi connectivity index (χ1n) is 11.3. The molecule has 3 aromatic rings. The molecule has 0 unspecified atom stereocenters. The lowest BCUT2D eigenvalue weighted by molar-refractivity contribution is -0.119. The number of nitrogens with one attached hydrogen (secondary N) is 1. The number of hydrogen-bond acceptors (Lipinski definition) is 4. The molecule has 1 amide bonds. The minimum absolute atomic E-state index is 0.0475. The monoisotopic (exact) mass is 432 g/mol. The molecule has 4 rings (SSSR count). The number of methoxy groups -OCH3 is 1. The molecule has 0 fully saturated rings. The summed E-state index contributed by atoms with van der Waals surface area (Å²) in [7, 11) is 1.51. The number of aromatic nitrogens is 2. The number of rotatable bonds is 9. The van der Waals surface area contributed by atoms with Gasteiger partial charge in [-0.25, -0.2) is 4.98 Å². The van der Waals surface area contributed by atoms with Crippen LogP contribution in [0.4, 0.5) is 5.69 Å². The standard InChI is InChI=1S/C26H32N4O2/c1-20-16-23(28-25(31)18-32-2)17-24-26(20)30(19-27-24)13-7-6-12-29-14-10-22(11-15-29)21-8-4-3-5-9-21/h3-5,8-10,16-17,19H,6-7,11-15,18H2,1-2H3,(H,28,31). The SMILES string of the molecule is COCC(=O)Nc1cc(C)c2c(c1)ncn2CCCCN1CC=C(c2ccccc2)CC1. The third-order valence-corrected chi connectivity index (χ3v) is 6.02. The van der Waals surface area contributed by atoms with E-state index < -0.39 is 0 Å². The zero-order valence-corrected chi connectivity index (χ0v) is 19.0. The van der Waals surface area contributed by atoms with Crippen molar-refractivity contribution in [3.63, 3.8) is 0 Å². The Morgan fingerprint density at radius 1 is 1.16 bits per heavy atom. The number of benzene rings is 2. The molecule has 2 heterocycles. The molecule has 6 heteroatoms. The fourth-order valence-electron chi connectivity index (χ4n) is 4.44. The molecule has 1 aliphatic heterocycles. The average molecular weight is 433 g/mol. The fraction of sp³-hybridized carbons (Fsp3) is 0.385. The van der Waals surface area contributed by atoms with E-state index in [1.807, 2.05) is 18.5 Å². The summed E-state index contributed by atoms with van der Waals surface area (Å²) in [5.41, 5.74) is 6.75. The molecule has 0 bridgehead atoms. The summed E-state index contributed by atoms with van der Waals surface area (Å²) < 4.78 is 7.11. The summed E-state index contributed by atoms with van der Waals surface area (Å²) in [6.45, 7) is 6.36. The van der Waals surface area contributed by atoms with E-state index in [1.54, 1.807) is 0 Å². The van der Waals surface area contributed by atoms with Crippen molar-refractivity contribution in [2.75, 3.05) is 38.7 Å². The van der Waals surface area contributed by atoms with E-state index in [-0.39, 0.29) is 12.5 Å². The highest BCUT2D eigenvalue weighted by molar-refractivity contribution is 5.94. The Balaban J connectivity index is 1.28. The van der Waals surface area contributed by atoms with E-state index in [4.69, 9.17) is 4.74 Å². The van der Waals surface area contributed by atoms with Gasteiger partial charge < -0.3 is 14.6 Å². The van der Waals surface area contributed by atoms with Crippen LogP contribution in [0.2, 0.25) is 0 Å². The molecule has 1 aliphatic rings. The Morgan fingerprint density at radius 2 is 1.97 bits per heavy atom. The molecule has 0 saturated heterocycles. The lowest BCUT2D eigenvalue weighted by Gasteiger charge is -2.26. The summed E-state index contributed by atoms with van der Waals surface area (Å²) >= 11 is 0. The number of fused-ring (bicyclic) bond motifs is 1. The second-order valence-corrected chi connectivity index (χ2v) is 8.43. The molecule has 6 nitrogen and oxygen atoms in total. The Labute approximate surface area is 189 Å². The Morgan fingerprint density at radius 3 is 2.72 bits per heavy atom. The van der Waals surface area contributed by atoms with Crippen molar-refractivity contribution in [1.82, 2.24) is 14.5 Å². The zero-order valence-electron chi connectivity index (χ0n) is 19.0.